The maximum absolute atomic E-state index is 7.17. The number of nitrogens with zero attached hydrogens (tertiary/aromatic N) is 3. The highest BCUT2D eigenvalue weighted by atomic mass is 16.3. The monoisotopic (exact) mass is 713 g/mol. The Bertz CT molecular complexity index is 3100. The molecule has 8 aromatic carbocycles. The highest BCUT2D eigenvalue weighted by Gasteiger charge is 2.52. The van der Waals surface area contributed by atoms with Gasteiger partial charge in [-0.1, -0.05) is 182 Å². The number of para-hydroxylation sites is 1. The number of benzene rings is 8. The van der Waals surface area contributed by atoms with Gasteiger partial charge < -0.3 is 4.42 Å². The van der Waals surface area contributed by atoms with Crippen LogP contribution in [0.5, 0.6) is 0 Å². The first kappa shape index (κ1) is 31.0. The van der Waals surface area contributed by atoms with Gasteiger partial charge in [0.1, 0.15) is 11.2 Å². The second-order valence-corrected chi connectivity index (χ2v) is 14.7. The highest BCUT2D eigenvalue weighted by molar-refractivity contribution is 6.15. The van der Waals surface area contributed by atoms with E-state index in [1.165, 1.54) is 44.5 Å². The van der Waals surface area contributed by atoms with Crippen LogP contribution < -0.4 is 0 Å². The van der Waals surface area contributed by atoms with Crippen molar-refractivity contribution in [1.82, 2.24) is 15.0 Å². The Balaban J connectivity index is 1.06. The average molecular weight is 714 g/mol. The van der Waals surface area contributed by atoms with Gasteiger partial charge >= 0.3 is 0 Å². The largest absolute Gasteiger partial charge is 0.455 e. The Labute approximate surface area is 323 Å². The van der Waals surface area contributed by atoms with Crippen LogP contribution in [0.25, 0.3) is 89.5 Å². The fourth-order valence-corrected chi connectivity index (χ4v) is 9.42. The SMILES string of the molecule is c1ccc(-c2nc(-c3ccccc3)nc(-c3cccc(-c4cccc5c4oc4c6c(ccc45)C4(c5ccccc5-c5ccccc54)c4ccccc4-6)c3)n2)cc1. The molecule has 2 aromatic heterocycles. The molecule has 56 heavy (non-hydrogen) atoms. The lowest BCUT2D eigenvalue weighted by molar-refractivity contribution is 0.670. The lowest BCUT2D eigenvalue weighted by atomic mass is 9.70. The van der Waals surface area contributed by atoms with Crippen molar-refractivity contribution in [3.05, 3.63) is 210 Å². The molecular formula is C52H31N3O. The van der Waals surface area contributed by atoms with Gasteiger partial charge in [0.2, 0.25) is 0 Å². The standard InChI is InChI=1S/C52H31N3O/c1-3-15-32(16-4-1)49-53-50(33-17-5-2-6-18-33)55-51(54-49)35-20-13-19-34(31-35)36-24-14-25-39-40-29-30-45-46(48(40)56-47(36)39)41-23-9-12-28-44(41)52(45)42-26-10-7-21-37(42)38-22-8-11-27-43(38)52/h1-31H. The Morgan fingerprint density at radius 1 is 0.321 bits per heavy atom. The zero-order valence-electron chi connectivity index (χ0n) is 30.1. The molecule has 1 spiro atoms. The van der Waals surface area contributed by atoms with Crippen LogP contribution in [0, 0.1) is 0 Å². The predicted molar refractivity (Wildman–Crippen MR) is 225 cm³/mol. The Kier molecular flexibility index (Phi) is 6.52. The number of rotatable bonds is 4. The molecule has 0 saturated heterocycles. The van der Waals surface area contributed by atoms with Gasteiger partial charge in [0.15, 0.2) is 17.5 Å². The van der Waals surface area contributed by atoms with Gasteiger partial charge in [0.05, 0.1) is 5.41 Å². The van der Waals surface area contributed by atoms with E-state index in [0.29, 0.717) is 17.5 Å². The smallest absolute Gasteiger partial charge is 0.164 e. The lowest BCUT2D eigenvalue weighted by Crippen LogP contribution is -2.25. The molecule has 2 heterocycles. The maximum atomic E-state index is 7.17. The molecule has 0 N–H and O–H groups in total. The van der Waals surface area contributed by atoms with Crippen molar-refractivity contribution in [3.8, 4) is 67.5 Å². The number of fused-ring (bicyclic) bond motifs is 14. The van der Waals surface area contributed by atoms with Gasteiger partial charge in [-0.3, -0.25) is 0 Å². The summed E-state index contributed by atoms with van der Waals surface area (Å²) in [6.07, 6.45) is 0. The minimum atomic E-state index is -0.425. The number of hydrogen-bond acceptors (Lipinski definition) is 4. The highest BCUT2D eigenvalue weighted by Crippen LogP contribution is 2.64. The molecule has 10 aromatic rings. The first-order valence-corrected chi connectivity index (χ1v) is 19.0. The normalized spacial score (nSPS) is 13.1. The van der Waals surface area contributed by atoms with Crippen LogP contribution in [0.2, 0.25) is 0 Å². The van der Waals surface area contributed by atoms with E-state index in [1.807, 2.05) is 60.7 Å². The molecule has 0 unspecified atom stereocenters. The Morgan fingerprint density at radius 3 is 1.43 bits per heavy atom. The van der Waals surface area contributed by atoms with Crippen LogP contribution in [-0.4, -0.2) is 15.0 Å². The quantitative estimate of drug-likeness (QED) is 0.182. The summed E-state index contributed by atoms with van der Waals surface area (Å²) < 4.78 is 7.17. The van der Waals surface area contributed by atoms with Gasteiger partial charge in [0, 0.05) is 38.6 Å². The molecule has 0 radical (unpaired) electrons. The molecule has 0 bridgehead atoms. The Hall–Kier alpha value is -7.43. The molecule has 0 aliphatic heterocycles. The van der Waals surface area contributed by atoms with E-state index >= 15 is 0 Å². The third-order valence-corrected chi connectivity index (χ3v) is 11.8. The summed E-state index contributed by atoms with van der Waals surface area (Å²) in [6, 6.07) is 66.5. The maximum Gasteiger partial charge on any atom is 0.164 e. The summed E-state index contributed by atoms with van der Waals surface area (Å²) in [5.41, 5.74) is 16.4. The number of aromatic nitrogens is 3. The van der Waals surface area contributed by atoms with E-state index in [1.54, 1.807) is 0 Å². The minimum absolute atomic E-state index is 0.425. The van der Waals surface area contributed by atoms with Crippen LogP contribution in [0.3, 0.4) is 0 Å². The predicted octanol–water partition coefficient (Wildman–Crippen LogP) is 12.8. The summed E-state index contributed by atoms with van der Waals surface area (Å²) in [7, 11) is 0. The van der Waals surface area contributed by atoms with Crippen molar-refractivity contribution < 1.29 is 4.42 Å². The summed E-state index contributed by atoms with van der Waals surface area (Å²) in [5.74, 6) is 1.89. The molecular weight excluding hydrogens is 683 g/mol. The second kappa shape index (κ2) is 11.8. The first-order valence-electron chi connectivity index (χ1n) is 19.0. The second-order valence-electron chi connectivity index (χ2n) is 14.7. The van der Waals surface area contributed by atoms with Crippen LogP contribution in [0.1, 0.15) is 22.3 Å². The van der Waals surface area contributed by atoms with E-state index in [4.69, 9.17) is 19.4 Å². The van der Waals surface area contributed by atoms with E-state index in [0.717, 1.165) is 49.8 Å². The van der Waals surface area contributed by atoms with Crippen molar-refractivity contribution in [2.24, 2.45) is 0 Å². The molecule has 4 nitrogen and oxygen atoms in total. The van der Waals surface area contributed by atoms with Gasteiger partial charge in [-0.2, -0.15) is 0 Å². The van der Waals surface area contributed by atoms with Gasteiger partial charge in [-0.15, -0.1) is 0 Å². The van der Waals surface area contributed by atoms with Crippen molar-refractivity contribution in [2.75, 3.05) is 0 Å². The first-order chi connectivity index (χ1) is 27.8. The zero-order chi connectivity index (χ0) is 36.8. The Morgan fingerprint density at radius 2 is 0.786 bits per heavy atom. The third kappa shape index (κ3) is 4.27. The van der Waals surface area contributed by atoms with Gasteiger partial charge in [-0.25, -0.2) is 15.0 Å². The summed E-state index contributed by atoms with van der Waals surface area (Å²) in [6.45, 7) is 0. The molecule has 0 fully saturated rings. The molecule has 4 heteroatoms. The number of hydrogen-bond donors (Lipinski definition) is 0. The van der Waals surface area contributed by atoms with Crippen LogP contribution in [0.4, 0.5) is 0 Å². The zero-order valence-corrected chi connectivity index (χ0v) is 30.1. The fraction of sp³-hybridized carbons (Fsp3) is 0.0192. The number of furan rings is 1. The van der Waals surface area contributed by atoms with E-state index in [-0.39, 0.29) is 0 Å². The summed E-state index contributed by atoms with van der Waals surface area (Å²) in [4.78, 5) is 14.9. The summed E-state index contributed by atoms with van der Waals surface area (Å²) in [5, 5.41) is 2.20. The lowest BCUT2D eigenvalue weighted by Gasteiger charge is -2.30. The molecule has 2 aliphatic carbocycles. The molecule has 12 rings (SSSR count). The van der Waals surface area contributed by atoms with Crippen molar-refractivity contribution in [1.29, 1.82) is 0 Å². The molecule has 0 saturated carbocycles. The fourth-order valence-electron chi connectivity index (χ4n) is 9.42. The van der Waals surface area contributed by atoms with E-state index in [2.05, 4.69) is 127 Å². The van der Waals surface area contributed by atoms with Gasteiger partial charge in [0.25, 0.3) is 0 Å². The topological polar surface area (TPSA) is 51.8 Å². The van der Waals surface area contributed by atoms with E-state index in [9.17, 15) is 0 Å². The van der Waals surface area contributed by atoms with Crippen molar-refractivity contribution >= 4 is 21.9 Å². The van der Waals surface area contributed by atoms with Crippen molar-refractivity contribution in [2.45, 2.75) is 5.41 Å². The van der Waals surface area contributed by atoms with Crippen molar-refractivity contribution in [3.63, 3.8) is 0 Å². The van der Waals surface area contributed by atoms with Gasteiger partial charge in [-0.05, 0) is 50.6 Å². The van der Waals surface area contributed by atoms with Crippen LogP contribution >= 0.6 is 0 Å². The molecule has 0 atom stereocenters. The third-order valence-electron chi connectivity index (χ3n) is 11.8. The molecule has 260 valence electrons. The average Bonchev–Trinajstić information content (AvgIpc) is 3.91. The molecule has 2 aliphatic rings. The van der Waals surface area contributed by atoms with E-state index < -0.39 is 5.41 Å². The molecule has 0 amide bonds. The summed E-state index contributed by atoms with van der Waals surface area (Å²) >= 11 is 0. The van der Waals surface area contributed by atoms with Crippen LogP contribution in [-0.2, 0) is 5.41 Å². The van der Waals surface area contributed by atoms with Crippen LogP contribution in [0.15, 0.2) is 192 Å². The minimum Gasteiger partial charge on any atom is -0.455 e.